The van der Waals surface area contributed by atoms with Gasteiger partial charge in [-0.1, -0.05) is 30.3 Å². The van der Waals surface area contributed by atoms with Crippen molar-refractivity contribution in [3.8, 4) is 5.75 Å². The van der Waals surface area contributed by atoms with Gasteiger partial charge >= 0.3 is 0 Å². The standard InChI is InChI=1S/C17H13NO/c1-19-15-9-12-8-13(18)7-11-6-5-10-3-2-4-14(15)17(10)16(11)12/h2-9H,18H2,1H3. The summed E-state index contributed by atoms with van der Waals surface area (Å²) >= 11 is 0. The molecule has 0 spiro atoms. The molecule has 4 rings (SSSR count). The molecule has 2 heteroatoms. The highest BCUT2D eigenvalue weighted by Gasteiger charge is 2.12. The molecule has 0 radical (unpaired) electrons. The molecule has 2 N–H and O–H groups in total. The van der Waals surface area contributed by atoms with Crippen LogP contribution in [0.1, 0.15) is 0 Å². The Morgan fingerprint density at radius 2 is 1.63 bits per heavy atom. The van der Waals surface area contributed by atoms with Crippen LogP contribution in [-0.2, 0) is 0 Å². The largest absolute Gasteiger partial charge is 0.496 e. The molecule has 4 aromatic carbocycles. The minimum Gasteiger partial charge on any atom is -0.496 e. The van der Waals surface area contributed by atoms with Crippen LogP contribution in [0.25, 0.3) is 32.3 Å². The maximum atomic E-state index is 5.98. The van der Waals surface area contributed by atoms with Crippen molar-refractivity contribution >= 4 is 38.0 Å². The molecule has 0 aliphatic rings. The molecule has 0 unspecified atom stereocenters. The second kappa shape index (κ2) is 3.51. The smallest absolute Gasteiger partial charge is 0.127 e. The summed E-state index contributed by atoms with van der Waals surface area (Å²) in [7, 11) is 1.71. The van der Waals surface area contributed by atoms with Crippen molar-refractivity contribution in [1.82, 2.24) is 0 Å². The first kappa shape index (κ1) is 10.4. The SMILES string of the molecule is COc1cc2cc(N)cc3ccc4cccc1c4c32. The molecular weight excluding hydrogens is 234 g/mol. The number of hydrogen-bond acceptors (Lipinski definition) is 2. The van der Waals surface area contributed by atoms with Gasteiger partial charge in [-0.15, -0.1) is 0 Å². The van der Waals surface area contributed by atoms with Crippen LogP contribution in [0.3, 0.4) is 0 Å². The van der Waals surface area contributed by atoms with Gasteiger partial charge in [0.2, 0.25) is 0 Å². The third-order valence-corrected chi connectivity index (χ3v) is 3.78. The zero-order chi connectivity index (χ0) is 13.0. The fourth-order valence-electron chi connectivity index (χ4n) is 3.01. The third kappa shape index (κ3) is 1.31. The summed E-state index contributed by atoms with van der Waals surface area (Å²) in [5.41, 5.74) is 6.77. The van der Waals surface area contributed by atoms with Crippen LogP contribution in [0, 0.1) is 0 Å². The van der Waals surface area contributed by atoms with Crippen molar-refractivity contribution in [3.63, 3.8) is 0 Å². The molecule has 19 heavy (non-hydrogen) atoms. The number of nitrogen functional groups attached to an aromatic ring is 1. The van der Waals surface area contributed by atoms with E-state index >= 15 is 0 Å². The summed E-state index contributed by atoms with van der Waals surface area (Å²) in [6.45, 7) is 0. The maximum Gasteiger partial charge on any atom is 0.127 e. The predicted molar refractivity (Wildman–Crippen MR) is 81.1 cm³/mol. The highest BCUT2D eigenvalue weighted by molar-refractivity contribution is 6.25. The number of ether oxygens (including phenoxy) is 1. The fourth-order valence-corrected chi connectivity index (χ4v) is 3.01. The average molecular weight is 247 g/mol. The van der Waals surface area contributed by atoms with Gasteiger partial charge in [0.25, 0.3) is 0 Å². The van der Waals surface area contributed by atoms with Gasteiger partial charge in [0.15, 0.2) is 0 Å². The summed E-state index contributed by atoms with van der Waals surface area (Å²) in [5, 5.41) is 7.23. The van der Waals surface area contributed by atoms with E-state index in [1.54, 1.807) is 7.11 Å². The minimum atomic E-state index is 0.785. The van der Waals surface area contributed by atoms with E-state index < -0.39 is 0 Å². The number of benzene rings is 4. The first-order valence-corrected chi connectivity index (χ1v) is 6.29. The molecular formula is C17H13NO. The lowest BCUT2D eigenvalue weighted by molar-refractivity contribution is 0.420. The second-order valence-corrected chi connectivity index (χ2v) is 4.89. The fraction of sp³-hybridized carbons (Fsp3) is 0.0588. The Balaban J connectivity index is 2.40. The Labute approximate surface area is 110 Å². The maximum absolute atomic E-state index is 5.98. The quantitative estimate of drug-likeness (QED) is 0.404. The van der Waals surface area contributed by atoms with E-state index in [1.165, 1.54) is 21.5 Å². The van der Waals surface area contributed by atoms with Crippen molar-refractivity contribution in [1.29, 1.82) is 0 Å². The van der Waals surface area contributed by atoms with Crippen LogP contribution in [-0.4, -0.2) is 7.11 Å². The summed E-state index contributed by atoms with van der Waals surface area (Å²) < 4.78 is 5.53. The summed E-state index contributed by atoms with van der Waals surface area (Å²) in [6.07, 6.45) is 0. The first-order chi connectivity index (χ1) is 9.28. The molecule has 0 atom stereocenters. The van der Waals surface area contributed by atoms with Gasteiger partial charge in [0.1, 0.15) is 5.75 Å². The van der Waals surface area contributed by atoms with Crippen LogP contribution in [0.4, 0.5) is 5.69 Å². The number of rotatable bonds is 1. The molecule has 4 aromatic rings. The minimum absolute atomic E-state index is 0.785. The summed E-state index contributed by atoms with van der Waals surface area (Å²) in [5.74, 6) is 0.899. The second-order valence-electron chi connectivity index (χ2n) is 4.89. The summed E-state index contributed by atoms with van der Waals surface area (Å²) in [4.78, 5) is 0. The van der Waals surface area contributed by atoms with E-state index in [4.69, 9.17) is 10.5 Å². The van der Waals surface area contributed by atoms with Gasteiger partial charge < -0.3 is 10.5 Å². The lowest BCUT2D eigenvalue weighted by atomic mass is 9.93. The van der Waals surface area contributed by atoms with Gasteiger partial charge in [-0.25, -0.2) is 0 Å². The number of hydrogen-bond donors (Lipinski definition) is 1. The molecule has 0 aliphatic carbocycles. The Bertz CT molecular complexity index is 911. The topological polar surface area (TPSA) is 35.2 Å². The van der Waals surface area contributed by atoms with Crippen LogP contribution >= 0.6 is 0 Å². The number of methoxy groups -OCH3 is 1. The van der Waals surface area contributed by atoms with E-state index in [1.807, 2.05) is 12.1 Å². The van der Waals surface area contributed by atoms with Crippen molar-refractivity contribution in [2.24, 2.45) is 0 Å². The monoisotopic (exact) mass is 247 g/mol. The van der Waals surface area contributed by atoms with E-state index in [9.17, 15) is 0 Å². The molecule has 0 saturated carbocycles. The van der Waals surface area contributed by atoms with E-state index in [0.29, 0.717) is 0 Å². The number of anilines is 1. The zero-order valence-corrected chi connectivity index (χ0v) is 10.6. The lowest BCUT2D eigenvalue weighted by Gasteiger charge is -2.14. The van der Waals surface area contributed by atoms with E-state index in [-0.39, 0.29) is 0 Å². The molecule has 0 aromatic heterocycles. The molecule has 0 aliphatic heterocycles. The van der Waals surface area contributed by atoms with Crippen molar-refractivity contribution in [2.75, 3.05) is 12.8 Å². The highest BCUT2D eigenvalue weighted by Crippen LogP contribution is 2.40. The van der Waals surface area contributed by atoms with Crippen LogP contribution < -0.4 is 10.5 Å². The van der Waals surface area contributed by atoms with Crippen LogP contribution in [0.5, 0.6) is 5.75 Å². The normalized spacial score (nSPS) is 11.6. The third-order valence-electron chi connectivity index (χ3n) is 3.78. The molecule has 92 valence electrons. The van der Waals surface area contributed by atoms with Gasteiger partial charge in [-0.2, -0.15) is 0 Å². The molecule has 0 heterocycles. The average Bonchev–Trinajstić information content (AvgIpc) is 2.43. The van der Waals surface area contributed by atoms with Gasteiger partial charge in [-0.05, 0) is 39.7 Å². The Hall–Kier alpha value is -2.48. The Morgan fingerprint density at radius 1 is 0.842 bits per heavy atom. The van der Waals surface area contributed by atoms with Gasteiger partial charge in [-0.3, -0.25) is 0 Å². The number of nitrogens with two attached hydrogens (primary N) is 1. The lowest BCUT2D eigenvalue weighted by Crippen LogP contribution is -1.91. The summed E-state index contributed by atoms with van der Waals surface area (Å²) in [6, 6.07) is 16.7. The Morgan fingerprint density at radius 3 is 2.47 bits per heavy atom. The van der Waals surface area contributed by atoms with Crippen LogP contribution in [0.15, 0.2) is 48.5 Å². The Kier molecular flexibility index (Phi) is 1.93. The van der Waals surface area contributed by atoms with Crippen LogP contribution in [0.2, 0.25) is 0 Å². The van der Waals surface area contributed by atoms with E-state index in [0.717, 1.165) is 22.2 Å². The molecule has 0 bridgehead atoms. The predicted octanol–water partition coefficient (Wildman–Crippen LogP) is 4.17. The molecule has 0 fully saturated rings. The molecule has 2 nitrogen and oxygen atoms in total. The highest BCUT2D eigenvalue weighted by atomic mass is 16.5. The zero-order valence-electron chi connectivity index (χ0n) is 10.6. The molecule has 0 saturated heterocycles. The van der Waals surface area contributed by atoms with Crippen molar-refractivity contribution in [3.05, 3.63) is 48.5 Å². The first-order valence-electron chi connectivity index (χ1n) is 6.29. The van der Waals surface area contributed by atoms with E-state index in [2.05, 4.69) is 36.4 Å². The van der Waals surface area contributed by atoms with Crippen molar-refractivity contribution in [2.45, 2.75) is 0 Å². The molecule has 0 amide bonds. The van der Waals surface area contributed by atoms with Gasteiger partial charge in [0, 0.05) is 16.5 Å². The van der Waals surface area contributed by atoms with Crippen molar-refractivity contribution < 1.29 is 4.74 Å². The van der Waals surface area contributed by atoms with Gasteiger partial charge in [0.05, 0.1) is 7.11 Å².